The van der Waals surface area contributed by atoms with Gasteiger partial charge in [0.15, 0.2) is 0 Å². The SMILES string of the molecule is C=CC(=O)Nc1cc(Nc2nccc(-n3cc(C)c4cccnc43)n2)c(OC)cc1NCCN. The van der Waals surface area contributed by atoms with Gasteiger partial charge in [0.1, 0.15) is 17.2 Å². The number of nitrogens with one attached hydrogen (secondary N) is 3. The molecule has 0 unspecified atom stereocenters. The zero-order valence-electron chi connectivity index (χ0n) is 19.0. The summed E-state index contributed by atoms with van der Waals surface area (Å²) in [5.41, 5.74) is 9.31. The summed E-state index contributed by atoms with van der Waals surface area (Å²) in [4.78, 5) is 25.5. The first-order valence-electron chi connectivity index (χ1n) is 10.7. The molecule has 0 bridgehead atoms. The number of benzene rings is 1. The van der Waals surface area contributed by atoms with Gasteiger partial charge in [-0.3, -0.25) is 9.36 Å². The van der Waals surface area contributed by atoms with Crippen molar-refractivity contribution in [3.8, 4) is 11.6 Å². The topological polar surface area (TPSA) is 132 Å². The molecule has 0 aliphatic rings. The largest absolute Gasteiger partial charge is 0.494 e. The van der Waals surface area contributed by atoms with E-state index in [2.05, 4.69) is 37.5 Å². The summed E-state index contributed by atoms with van der Waals surface area (Å²) in [6.45, 7) is 6.50. The summed E-state index contributed by atoms with van der Waals surface area (Å²) >= 11 is 0. The van der Waals surface area contributed by atoms with Gasteiger partial charge in [0, 0.05) is 43.1 Å². The summed E-state index contributed by atoms with van der Waals surface area (Å²) in [7, 11) is 1.56. The number of anilines is 4. The standard InChI is InChI=1S/C24H26N8O2/c1-4-22(33)29-18-12-19(20(34-3)13-17(18)26-11-8-25)30-24-28-10-7-21(31-24)32-14-15(2)16-6-5-9-27-23(16)32/h4-7,9-10,12-14,26H,1,8,11,25H2,2-3H3,(H,29,33)(H,28,30,31). The molecule has 3 aromatic heterocycles. The lowest BCUT2D eigenvalue weighted by atomic mass is 10.2. The van der Waals surface area contributed by atoms with Crippen LogP contribution in [0.25, 0.3) is 16.9 Å². The smallest absolute Gasteiger partial charge is 0.247 e. The number of aromatic nitrogens is 4. The van der Waals surface area contributed by atoms with E-state index in [1.807, 2.05) is 35.9 Å². The van der Waals surface area contributed by atoms with Gasteiger partial charge in [-0.05, 0) is 42.8 Å². The first kappa shape index (κ1) is 22.7. The number of amides is 1. The summed E-state index contributed by atoms with van der Waals surface area (Å²) < 4.78 is 7.48. The van der Waals surface area contributed by atoms with Crippen LogP contribution in [0.4, 0.5) is 23.0 Å². The molecule has 0 atom stereocenters. The molecule has 0 radical (unpaired) electrons. The second kappa shape index (κ2) is 10.0. The van der Waals surface area contributed by atoms with Gasteiger partial charge in [-0.2, -0.15) is 4.98 Å². The molecule has 1 amide bonds. The van der Waals surface area contributed by atoms with Crippen molar-refractivity contribution in [2.75, 3.05) is 36.1 Å². The molecule has 0 aliphatic carbocycles. The number of aryl methyl sites for hydroxylation is 1. The van der Waals surface area contributed by atoms with E-state index in [4.69, 9.17) is 10.5 Å². The molecular weight excluding hydrogens is 432 g/mol. The Morgan fingerprint density at radius 1 is 1.21 bits per heavy atom. The molecule has 0 saturated heterocycles. The van der Waals surface area contributed by atoms with Crippen LogP contribution in [0.5, 0.6) is 5.75 Å². The van der Waals surface area contributed by atoms with E-state index in [0.717, 1.165) is 16.6 Å². The zero-order chi connectivity index (χ0) is 24.1. The van der Waals surface area contributed by atoms with Crippen molar-refractivity contribution in [3.05, 3.63) is 67.1 Å². The highest BCUT2D eigenvalue weighted by Crippen LogP contribution is 2.36. The van der Waals surface area contributed by atoms with E-state index in [0.29, 0.717) is 47.7 Å². The predicted molar refractivity (Wildman–Crippen MR) is 134 cm³/mol. The highest BCUT2D eigenvalue weighted by Gasteiger charge is 2.15. The van der Waals surface area contributed by atoms with E-state index in [1.54, 1.807) is 31.6 Å². The Labute approximate surface area is 196 Å². The van der Waals surface area contributed by atoms with Gasteiger partial charge >= 0.3 is 0 Å². The van der Waals surface area contributed by atoms with Gasteiger partial charge < -0.3 is 26.4 Å². The van der Waals surface area contributed by atoms with Gasteiger partial charge in [-0.25, -0.2) is 9.97 Å². The molecule has 4 rings (SSSR count). The summed E-state index contributed by atoms with van der Waals surface area (Å²) in [5.74, 6) is 1.21. The van der Waals surface area contributed by atoms with E-state index >= 15 is 0 Å². The molecule has 0 aliphatic heterocycles. The first-order valence-corrected chi connectivity index (χ1v) is 10.7. The van der Waals surface area contributed by atoms with E-state index in [-0.39, 0.29) is 5.91 Å². The molecule has 5 N–H and O–H groups in total. The third-order valence-electron chi connectivity index (χ3n) is 5.14. The molecule has 174 valence electrons. The summed E-state index contributed by atoms with van der Waals surface area (Å²) in [5, 5.41) is 10.2. The quantitative estimate of drug-likeness (QED) is 0.281. The van der Waals surface area contributed by atoms with Crippen LogP contribution in [0, 0.1) is 6.92 Å². The van der Waals surface area contributed by atoms with Crippen molar-refractivity contribution in [2.24, 2.45) is 5.73 Å². The van der Waals surface area contributed by atoms with Crippen LogP contribution in [-0.4, -0.2) is 45.6 Å². The number of carbonyl (C=O) groups excluding carboxylic acids is 1. The number of methoxy groups -OCH3 is 1. The van der Waals surface area contributed by atoms with Crippen molar-refractivity contribution in [1.82, 2.24) is 19.5 Å². The number of carbonyl (C=O) groups is 1. The monoisotopic (exact) mass is 458 g/mol. The van der Waals surface area contributed by atoms with Crippen molar-refractivity contribution in [1.29, 1.82) is 0 Å². The highest BCUT2D eigenvalue weighted by atomic mass is 16.5. The number of nitrogens with two attached hydrogens (primary N) is 1. The van der Waals surface area contributed by atoms with Crippen LogP contribution in [0.3, 0.4) is 0 Å². The van der Waals surface area contributed by atoms with Crippen molar-refractivity contribution in [3.63, 3.8) is 0 Å². The summed E-state index contributed by atoms with van der Waals surface area (Å²) in [6, 6.07) is 9.26. The maximum Gasteiger partial charge on any atom is 0.247 e. The van der Waals surface area contributed by atoms with Crippen LogP contribution in [0.2, 0.25) is 0 Å². The molecule has 4 aromatic rings. The molecule has 0 fully saturated rings. The minimum Gasteiger partial charge on any atom is -0.494 e. The Balaban J connectivity index is 1.71. The Kier molecular flexibility index (Phi) is 6.69. The van der Waals surface area contributed by atoms with Crippen LogP contribution in [0.1, 0.15) is 5.56 Å². The molecule has 0 saturated carbocycles. The van der Waals surface area contributed by atoms with Gasteiger partial charge in [0.2, 0.25) is 11.9 Å². The lowest BCUT2D eigenvalue weighted by molar-refractivity contribution is -0.111. The van der Waals surface area contributed by atoms with Crippen LogP contribution in [0.15, 0.2) is 61.6 Å². The first-order chi connectivity index (χ1) is 16.5. The Morgan fingerprint density at radius 2 is 2.06 bits per heavy atom. The molecular formula is C24H26N8O2. The molecule has 10 nitrogen and oxygen atoms in total. The number of pyridine rings is 1. The third-order valence-corrected chi connectivity index (χ3v) is 5.14. The highest BCUT2D eigenvalue weighted by molar-refractivity contribution is 6.02. The lowest BCUT2D eigenvalue weighted by Crippen LogP contribution is -2.16. The Hall–Kier alpha value is -4.44. The van der Waals surface area contributed by atoms with Crippen molar-refractivity contribution in [2.45, 2.75) is 6.92 Å². The van der Waals surface area contributed by atoms with Gasteiger partial charge in [0.05, 0.1) is 24.2 Å². The Morgan fingerprint density at radius 3 is 2.82 bits per heavy atom. The minimum atomic E-state index is -0.340. The third kappa shape index (κ3) is 4.66. The normalized spacial score (nSPS) is 10.7. The number of fused-ring (bicyclic) bond motifs is 1. The maximum atomic E-state index is 12.0. The number of rotatable bonds is 9. The fourth-order valence-corrected chi connectivity index (χ4v) is 3.55. The van der Waals surface area contributed by atoms with Gasteiger partial charge in [-0.15, -0.1) is 0 Å². The van der Waals surface area contributed by atoms with Gasteiger partial charge in [-0.1, -0.05) is 6.58 Å². The Bertz CT molecular complexity index is 1350. The van der Waals surface area contributed by atoms with Crippen LogP contribution < -0.4 is 26.4 Å². The minimum absolute atomic E-state index is 0.340. The molecule has 34 heavy (non-hydrogen) atoms. The number of hydrogen-bond acceptors (Lipinski definition) is 8. The maximum absolute atomic E-state index is 12.0. The van der Waals surface area contributed by atoms with Crippen molar-refractivity contribution < 1.29 is 9.53 Å². The molecule has 3 heterocycles. The fraction of sp³-hybridized carbons (Fsp3) is 0.167. The van der Waals surface area contributed by atoms with E-state index < -0.39 is 0 Å². The average molecular weight is 459 g/mol. The molecule has 1 aromatic carbocycles. The second-order valence-electron chi connectivity index (χ2n) is 7.43. The van der Waals surface area contributed by atoms with Crippen molar-refractivity contribution >= 4 is 40.0 Å². The molecule has 0 spiro atoms. The predicted octanol–water partition coefficient (Wildman–Crippen LogP) is 3.37. The zero-order valence-corrected chi connectivity index (χ0v) is 19.0. The summed E-state index contributed by atoms with van der Waals surface area (Å²) in [6.07, 6.45) is 6.61. The second-order valence-corrected chi connectivity index (χ2v) is 7.43. The van der Waals surface area contributed by atoms with Crippen LogP contribution >= 0.6 is 0 Å². The van der Waals surface area contributed by atoms with Gasteiger partial charge in [0.25, 0.3) is 0 Å². The number of ether oxygens (including phenoxy) is 1. The lowest BCUT2D eigenvalue weighted by Gasteiger charge is -2.17. The van der Waals surface area contributed by atoms with E-state index in [9.17, 15) is 4.79 Å². The average Bonchev–Trinajstić information content (AvgIpc) is 3.20. The van der Waals surface area contributed by atoms with Crippen LogP contribution in [-0.2, 0) is 4.79 Å². The number of hydrogen-bond donors (Lipinski definition) is 4. The van der Waals surface area contributed by atoms with E-state index in [1.165, 1.54) is 6.08 Å². The molecule has 10 heteroatoms. The number of nitrogens with zero attached hydrogens (tertiary/aromatic N) is 4. The fourth-order valence-electron chi connectivity index (χ4n) is 3.55.